The molecule has 2 N–H and O–H groups in total. The van der Waals surface area contributed by atoms with E-state index in [0.717, 1.165) is 18.9 Å². The number of pyridine rings is 1. The molecule has 3 heterocycles. The summed E-state index contributed by atoms with van der Waals surface area (Å²) in [7, 11) is -3.58. The van der Waals surface area contributed by atoms with Crippen LogP contribution in [0, 0.1) is 5.92 Å². The molecule has 132 valence electrons. The Morgan fingerprint density at radius 1 is 1.17 bits per heavy atom. The molecule has 0 atom stereocenters. The van der Waals surface area contributed by atoms with E-state index in [4.69, 9.17) is 10.5 Å². The standard InChI is InChI=1S/C15H22N4O4S/c16-15(20)12-3-5-19(6-4-12)24(21,22)13-1-2-14(17-11-13)18-7-9-23-10-8-18/h1-2,11-12H,3-10H2,(H2,16,20). The molecule has 24 heavy (non-hydrogen) atoms. The number of hydrogen-bond donors (Lipinski definition) is 1. The molecule has 0 bridgehead atoms. The number of piperidine rings is 1. The maximum Gasteiger partial charge on any atom is 0.244 e. The lowest BCUT2D eigenvalue weighted by atomic mass is 9.98. The van der Waals surface area contributed by atoms with E-state index in [0.29, 0.717) is 39.1 Å². The zero-order chi connectivity index (χ0) is 17.2. The Labute approximate surface area is 141 Å². The van der Waals surface area contributed by atoms with Gasteiger partial charge >= 0.3 is 0 Å². The van der Waals surface area contributed by atoms with Crippen LogP contribution in [0.15, 0.2) is 23.2 Å². The number of amides is 1. The second-order valence-electron chi connectivity index (χ2n) is 6.03. The van der Waals surface area contributed by atoms with Crippen LogP contribution in [-0.2, 0) is 19.6 Å². The fourth-order valence-corrected chi connectivity index (χ4v) is 4.45. The molecule has 1 aromatic rings. The monoisotopic (exact) mass is 354 g/mol. The molecule has 2 fully saturated rings. The molecule has 0 aliphatic carbocycles. The van der Waals surface area contributed by atoms with Crippen molar-refractivity contribution in [3.63, 3.8) is 0 Å². The van der Waals surface area contributed by atoms with Gasteiger partial charge in [0.1, 0.15) is 10.7 Å². The van der Waals surface area contributed by atoms with Crippen LogP contribution in [0.25, 0.3) is 0 Å². The summed E-state index contributed by atoms with van der Waals surface area (Å²) in [6.07, 6.45) is 2.34. The van der Waals surface area contributed by atoms with Crippen molar-refractivity contribution in [3.8, 4) is 0 Å². The van der Waals surface area contributed by atoms with E-state index in [1.165, 1.54) is 10.5 Å². The van der Waals surface area contributed by atoms with Gasteiger partial charge in [0, 0.05) is 38.3 Å². The Bertz CT molecular complexity index is 678. The maximum atomic E-state index is 12.7. The molecule has 3 rings (SSSR count). The third-order valence-electron chi connectivity index (χ3n) is 4.55. The molecular weight excluding hydrogens is 332 g/mol. The van der Waals surface area contributed by atoms with E-state index >= 15 is 0 Å². The van der Waals surface area contributed by atoms with Gasteiger partial charge in [0.15, 0.2) is 0 Å². The number of carbonyl (C=O) groups is 1. The molecule has 1 amide bonds. The van der Waals surface area contributed by atoms with Crippen LogP contribution < -0.4 is 10.6 Å². The smallest absolute Gasteiger partial charge is 0.244 e. The summed E-state index contributed by atoms with van der Waals surface area (Å²) in [6, 6.07) is 3.32. The minimum Gasteiger partial charge on any atom is -0.378 e. The minimum absolute atomic E-state index is 0.178. The molecule has 0 spiro atoms. The highest BCUT2D eigenvalue weighted by Crippen LogP contribution is 2.24. The van der Waals surface area contributed by atoms with Crippen molar-refractivity contribution in [3.05, 3.63) is 18.3 Å². The molecule has 8 nitrogen and oxygen atoms in total. The predicted molar refractivity (Wildman–Crippen MR) is 87.9 cm³/mol. The van der Waals surface area contributed by atoms with Gasteiger partial charge in [0.05, 0.1) is 13.2 Å². The molecule has 0 unspecified atom stereocenters. The van der Waals surface area contributed by atoms with Gasteiger partial charge in [-0.1, -0.05) is 0 Å². The molecule has 0 aromatic carbocycles. The number of rotatable bonds is 4. The molecule has 2 aliphatic heterocycles. The minimum atomic E-state index is -3.58. The van der Waals surface area contributed by atoms with Crippen LogP contribution in [0.2, 0.25) is 0 Å². The lowest BCUT2D eigenvalue weighted by Gasteiger charge is -2.30. The van der Waals surface area contributed by atoms with Crippen LogP contribution in [0.5, 0.6) is 0 Å². The molecule has 2 saturated heterocycles. The molecule has 2 aliphatic rings. The van der Waals surface area contributed by atoms with Crippen LogP contribution in [0.3, 0.4) is 0 Å². The first-order valence-corrected chi connectivity index (χ1v) is 9.51. The summed E-state index contributed by atoms with van der Waals surface area (Å²) in [6.45, 7) is 3.41. The van der Waals surface area contributed by atoms with Crippen molar-refractivity contribution >= 4 is 21.7 Å². The lowest BCUT2D eigenvalue weighted by molar-refractivity contribution is -0.122. The number of ether oxygens (including phenoxy) is 1. The Kier molecular flexibility index (Phi) is 5.02. The SMILES string of the molecule is NC(=O)C1CCN(S(=O)(=O)c2ccc(N3CCOCC3)nc2)CC1. The molecular formula is C15H22N4O4S. The summed E-state index contributed by atoms with van der Waals surface area (Å²) in [4.78, 5) is 17.7. The highest BCUT2D eigenvalue weighted by Gasteiger charge is 2.31. The number of anilines is 1. The molecule has 9 heteroatoms. The van der Waals surface area contributed by atoms with Crippen molar-refractivity contribution < 1.29 is 17.9 Å². The normalized spacial score (nSPS) is 20.9. The Hall–Kier alpha value is -1.71. The number of nitrogens with two attached hydrogens (primary N) is 1. The van der Waals surface area contributed by atoms with Crippen LogP contribution in [0.1, 0.15) is 12.8 Å². The second-order valence-corrected chi connectivity index (χ2v) is 7.97. The van der Waals surface area contributed by atoms with Gasteiger partial charge in [-0.25, -0.2) is 13.4 Å². The maximum absolute atomic E-state index is 12.7. The zero-order valence-corrected chi connectivity index (χ0v) is 14.2. The van der Waals surface area contributed by atoms with Gasteiger partial charge in [0.25, 0.3) is 0 Å². The second kappa shape index (κ2) is 7.04. The third-order valence-corrected chi connectivity index (χ3v) is 6.43. The van der Waals surface area contributed by atoms with E-state index < -0.39 is 10.0 Å². The molecule has 0 radical (unpaired) electrons. The first-order valence-electron chi connectivity index (χ1n) is 8.07. The number of sulfonamides is 1. The largest absolute Gasteiger partial charge is 0.378 e. The average Bonchev–Trinajstić information content (AvgIpc) is 2.62. The van der Waals surface area contributed by atoms with Crippen molar-refractivity contribution in [1.82, 2.24) is 9.29 Å². The number of carbonyl (C=O) groups excluding carboxylic acids is 1. The quantitative estimate of drug-likeness (QED) is 0.803. The summed E-state index contributed by atoms with van der Waals surface area (Å²) in [5, 5.41) is 0. The summed E-state index contributed by atoms with van der Waals surface area (Å²) >= 11 is 0. The van der Waals surface area contributed by atoms with E-state index in [-0.39, 0.29) is 16.7 Å². The lowest BCUT2D eigenvalue weighted by Crippen LogP contribution is -2.41. The van der Waals surface area contributed by atoms with Gasteiger partial charge in [-0.2, -0.15) is 4.31 Å². The highest BCUT2D eigenvalue weighted by molar-refractivity contribution is 7.89. The van der Waals surface area contributed by atoms with Gasteiger partial charge in [-0.05, 0) is 25.0 Å². The first-order chi connectivity index (χ1) is 11.5. The predicted octanol–water partition coefficient (Wildman–Crippen LogP) is -0.196. The van der Waals surface area contributed by atoms with E-state index in [1.54, 1.807) is 12.1 Å². The van der Waals surface area contributed by atoms with Gasteiger partial charge in [-0.15, -0.1) is 0 Å². The average molecular weight is 354 g/mol. The van der Waals surface area contributed by atoms with Crippen molar-refractivity contribution in [2.24, 2.45) is 11.7 Å². The number of primary amides is 1. The Balaban J connectivity index is 1.69. The fourth-order valence-electron chi connectivity index (χ4n) is 3.03. The van der Waals surface area contributed by atoms with Crippen molar-refractivity contribution in [1.29, 1.82) is 0 Å². The summed E-state index contributed by atoms with van der Waals surface area (Å²) in [5.74, 6) is 0.159. The molecule has 1 aromatic heterocycles. The van der Waals surface area contributed by atoms with Gasteiger partial charge < -0.3 is 15.4 Å². The highest BCUT2D eigenvalue weighted by atomic mass is 32.2. The number of hydrogen-bond acceptors (Lipinski definition) is 6. The molecule has 0 saturated carbocycles. The Morgan fingerprint density at radius 3 is 2.38 bits per heavy atom. The van der Waals surface area contributed by atoms with E-state index in [2.05, 4.69) is 9.88 Å². The van der Waals surface area contributed by atoms with Crippen LogP contribution >= 0.6 is 0 Å². The van der Waals surface area contributed by atoms with Crippen molar-refractivity contribution in [2.75, 3.05) is 44.3 Å². The van der Waals surface area contributed by atoms with E-state index in [9.17, 15) is 13.2 Å². The number of aromatic nitrogens is 1. The third kappa shape index (κ3) is 3.52. The van der Waals surface area contributed by atoms with Gasteiger partial charge in [0.2, 0.25) is 15.9 Å². The Morgan fingerprint density at radius 2 is 1.83 bits per heavy atom. The van der Waals surface area contributed by atoms with E-state index in [1.807, 2.05) is 0 Å². The van der Waals surface area contributed by atoms with Crippen LogP contribution in [-0.4, -0.2) is 63.0 Å². The van der Waals surface area contributed by atoms with Gasteiger partial charge in [-0.3, -0.25) is 4.79 Å². The first kappa shape index (κ1) is 17.1. The zero-order valence-electron chi connectivity index (χ0n) is 13.4. The number of nitrogens with zero attached hydrogens (tertiary/aromatic N) is 3. The summed E-state index contributed by atoms with van der Waals surface area (Å²) in [5.41, 5.74) is 5.29. The topological polar surface area (TPSA) is 106 Å². The number of morpholine rings is 1. The van der Waals surface area contributed by atoms with Crippen molar-refractivity contribution in [2.45, 2.75) is 17.7 Å². The fraction of sp³-hybridized carbons (Fsp3) is 0.600. The summed E-state index contributed by atoms with van der Waals surface area (Å²) < 4.78 is 32.1. The van der Waals surface area contributed by atoms with Crippen LogP contribution in [0.4, 0.5) is 5.82 Å².